The van der Waals surface area contributed by atoms with Gasteiger partial charge in [-0.15, -0.1) is 0 Å². The molecule has 0 fully saturated rings. The van der Waals surface area contributed by atoms with Gasteiger partial charge in [0.2, 0.25) is 0 Å². The van der Waals surface area contributed by atoms with Crippen LogP contribution >= 0.6 is 11.5 Å². The molecule has 0 aliphatic rings. The van der Waals surface area contributed by atoms with Crippen LogP contribution in [0.15, 0.2) is 36.7 Å². The van der Waals surface area contributed by atoms with Crippen molar-refractivity contribution in [1.82, 2.24) is 9.36 Å². The Kier molecular flexibility index (Phi) is 10.0. The summed E-state index contributed by atoms with van der Waals surface area (Å²) >= 11 is 1.42. The molecule has 3 aromatic rings. The SMILES string of the molecule is CCc1ccc(OC)cc1OC.Cc1cc(F)c(F)cc1F.Cc1ncns1. The van der Waals surface area contributed by atoms with E-state index < -0.39 is 17.5 Å². The maximum absolute atomic E-state index is 12.4. The predicted molar refractivity (Wildman–Crippen MR) is 105 cm³/mol. The molecule has 0 spiro atoms. The zero-order valence-electron chi connectivity index (χ0n) is 16.4. The van der Waals surface area contributed by atoms with Gasteiger partial charge in [0.1, 0.15) is 28.7 Å². The summed E-state index contributed by atoms with van der Waals surface area (Å²) in [7, 11) is 3.33. The molecular formula is C20H23F3N2O2S. The number of hydrogen-bond donors (Lipinski definition) is 0. The molecule has 1 heterocycles. The Morgan fingerprint density at radius 2 is 1.61 bits per heavy atom. The fourth-order valence-electron chi connectivity index (χ4n) is 1.99. The molecule has 3 rings (SSSR count). The van der Waals surface area contributed by atoms with Crippen LogP contribution in [0.2, 0.25) is 0 Å². The van der Waals surface area contributed by atoms with Gasteiger partial charge in [-0.25, -0.2) is 18.2 Å². The molecule has 0 radical (unpaired) electrons. The van der Waals surface area contributed by atoms with E-state index in [0.29, 0.717) is 6.07 Å². The van der Waals surface area contributed by atoms with E-state index in [1.54, 1.807) is 20.5 Å². The van der Waals surface area contributed by atoms with E-state index in [2.05, 4.69) is 16.3 Å². The molecule has 8 heteroatoms. The van der Waals surface area contributed by atoms with E-state index in [-0.39, 0.29) is 5.56 Å². The van der Waals surface area contributed by atoms with Gasteiger partial charge in [-0.2, -0.15) is 4.37 Å². The summed E-state index contributed by atoms with van der Waals surface area (Å²) in [6.45, 7) is 5.40. The Morgan fingerprint density at radius 3 is 2.04 bits per heavy atom. The Labute approximate surface area is 167 Å². The molecule has 28 heavy (non-hydrogen) atoms. The lowest BCUT2D eigenvalue weighted by Gasteiger charge is -2.07. The second kappa shape index (κ2) is 12.0. The van der Waals surface area contributed by atoms with Gasteiger partial charge in [-0.1, -0.05) is 13.0 Å². The number of hydrogen-bond acceptors (Lipinski definition) is 5. The van der Waals surface area contributed by atoms with E-state index in [4.69, 9.17) is 9.47 Å². The fourth-order valence-corrected chi connectivity index (χ4v) is 2.34. The second-order valence-corrected chi connectivity index (χ2v) is 6.49. The average Bonchev–Trinajstić information content (AvgIpc) is 3.18. The lowest BCUT2D eigenvalue weighted by molar-refractivity contribution is 0.391. The third-order valence-electron chi connectivity index (χ3n) is 3.55. The summed E-state index contributed by atoms with van der Waals surface area (Å²) in [5, 5.41) is 1.02. The van der Waals surface area contributed by atoms with Gasteiger partial charge in [0.25, 0.3) is 0 Å². The van der Waals surface area contributed by atoms with Crippen molar-refractivity contribution in [3.05, 3.63) is 70.2 Å². The number of aryl methyl sites for hydroxylation is 3. The van der Waals surface area contributed by atoms with E-state index in [0.717, 1.165) is 29.0 Å². The first kappa shape index (κ1) is 23.4. The van der Waals surface area contributed by atoms with Crippen LogP contribution < -0.4 is 9.47 Å². The van der Waals surface area contributed by atoms with Crippen LogP contribution in [-0.4, -0.2) is 23.6 Å². The quantitative estimate of drug-likeness (QED) is 0.531. The van der Waals surface area contributed by atoms with Gasteiger partial charge in [-0.3, -0.25) is 0 Å². The van der Waals surface area contributed by atoms with Crippen molar-refractivity contribution in [2.24, 2.45) is 0 Å². The summed E-state index contributed by atoms with van der Waals surface area (Å²) < 4.78 is 50.7. The summed E-state index contributed by atoms with van der Waals surface area (Å²) in [6.07, 6.45) is 2.53. The summed E-state index contributed by atoms with van der Waals surface area (Å²) in [5.74, 6) is -1.15. The highest BCUT2D eigenvalue weighted by Crippen LogP contribution is 2.24. The highest BCUT2D eigenvalue weighted by Gasteiger charge is 2.05. The lowest BCUT2D eigenvalue weighted by Crippen LogP contribution is -1.91. The Morgan fingerprint density at radius 1 is 0.929 bits per heavy atom. The van der Waals surface area contributed by atoms with Crippen LogP contribution in [0.25, 0.3) is 0 Å². The summed E-state index contributed by atoms with van der Waals surface area (Å²) in [5.41, 5.74) is 1.32. The maximum atomic E-state index is 12.4. The highest BCUT2D eigenvalue weighted by molar-refractivity contribution is 7.05. The molecule has 0 aliphatic heterocycles. The molecule has 0 bridgehead atoms. The standard InChI is InChI=1S/C10H14O2.C7H5F3.C3H4N2S/c1-4-8-5-6-9(11-2)7-10(8)12-3;1-4-2-6(9)7(10)3-5(4)8;1-3-4-2-5-6-3/h5-7H,4H2,1-3H3;2-3H,1H3;2H,1H3. The van der Waals surface area contributed by atoms with Crippen LogP contribution in [0.1, 0.15) is 23.1 Å². The molecule has 4 nitrogen and oxygen atoms in total. The molecule has 0 saturated carbocycles. The van der Waals surface area contributed by atoms with Crippen molar-refractivity contribution in [3.63, 3.8) is 0 Å². The minimum atomic E-state index is -1.15. The van der Waals surface area contributed by atoms with Crippen molar-refractivity contribution >= 4 is 11.5 Å². The number of aromatic nitrogens is 2. The van der Waals surface area contributed by atoms with E-state index in [1.807, 2.05) is 25.1 Å². The van der Waals surface area contributed by atoms with Gasteiger partial charge < -0.3 is 9.47 Å². The predicted octanol–water partition coefficient (Wildman–Crippen LogP) is 5.53. The zero-order chi connectivity index (χ0) is 21.1. The normalized spacial score (nSPS) is 9.57. The van der Waals surface area contributed by atoms with Gasteiger partial charge >= 0.3 is 0 Å². The van der Waals surface area contributed by atoms with Crippen LogP contribution in [-0.2, 0) is 6.42 Å². The lowest BCUT2D eigenvalue weighted by atomic mass is 10.1. The van der Waals surface area contributed by atoms with Crippen molar-refractivity contribution in [3.8, 4) is 11.5 Å². The van der Waals surface area contributed by atoms with Crippen LogP contribution in [0.3, 0.4) is 0 Å². The third-order valence-corrected chi connectivity index (χ3v) is 4.12. The molecule has 0 saturated heterocycles. The van der Waals surface area contributed by atoms with Crippen LogP contribution in [0, 0.1) is 31.3 Å². The Bertz CT molecular complexity index is 809. The first-order chi connectivity index (χ1) is 13.3. The van der Waals surface area contributed by atoms with Crippen molar-refractivity contribution < 1.29 is 22.6 Å². The Hall–Kier alpha value is -2.61. The smallest absolute Gasteiger partial charge is 0.161 e. The Balaban J connectivity index is 0.000000221. The number of nitrogens with zero attached hydrogens (tertiary/aromatic N) is 2. The van der Waals surface area contributed by atoms with Crippen LogP contribution in [0.5, 0.6) is 11.5 Å². The number of rotatable bonds is 3. The van der Waals surface area contributed by atoms with Crippen molar-refractivity contribution in [2.75, 3.05) is 14.2 Å². The molecule has 0 aliphatic carbocycles. The summed E-state index contributed by atoms with van der Waals surface area (Å²) in [4.78, 5) is 3.82. The zero-order valence-corrected chi connectivity index (χ0v) is 17.2. The van der Waals surface area contributed by atoms with E-state index in [9.17, 15) is 13.2 Å². The molecule has 2 aromatic carbocycles. The van der Waals surface area contributed by atoms with Crippen LogP contribution in [0.4, 0.5) is 13.2 Å². The summed E-state index contributed by atoms with van der Waals surface area (Å²) in [6, 6.07) is 7.23. The highest BCUT2D eigenvalue weighted by atomic mass is 32.1. The fraction of sp³-hybridized carbons (Fsp3) is 0.300. The number of halogens is 3. The first-order valence-electron chi connectivity index (χ1n) is 8.37. The second-order valence-electron chi connectivity index (χ2n) is 5.51. The van der Waals surface area contributed by atoms with Gasteiger partial charge in [0, 0.05) is 12.1 Å². The van der Waals surface area contributed by atoms with E-state index in [1.165, 1.54) is 24.0 Å². The molecule has 0 amide bonds. The number of methoxy groups -OCH3 is 2. The minimum Gasteiger partial charge on any atom is -0.497 e. The molecule has 0 N–H and O–H groups in total. The largest absolute Gasteiger partial charge is 0.497 e. The molecule has 152 valence electrons. The molecular weight excluding hydrogens is 389 g/mol. The number of ether oxygens (including phenoxy) is 2. The monoisotopic (exact) mass is 412 g/mol. The van der Waals surface area contributed by atoms with E-state index >= 15 is 0 Å². The minimum absolute atomic E-state index is 0.110. The van der Waals surface area contributed by atoms with Gasteiger partial charge in [-0.05, 0) is 55.1 Å². The number of benzene rings is 2. The maximum Gasteiger partial charge on any atom is 0.161 e. The topological polar surface area (TPSA) is 44.2 Å². The van der Waals surface area contributed by atoms with Gasteiger partial charge in [0.15, 0.2) is 11.6 Å². The molecule has 1 aromatic heterocycles. The van der Waals surface area contributed by atoms with Crippen molar-refractivity contribution in [2.45, 2.75) is 27.2 Å². The van der Waals surface area contributed by atoms with Gasteiger partial charge in [0.05, 0.1) is 14.2 Å². The first-order valence-corrected chi connectivity index (χ1v) is 9.15. The molecule has 0 unspecified atom stereocenters. The third kappa shape index (κ3) is 7.56. The molecule has 0 atom stereocenters. The van der Waals surface area contributed by atoms with Crippen molar-refractivity contribution in [1.29, 1.82) is 0 Å². The average molecular weight is 412 g/mol.